The zero-order chi connectivity index (χ0) is 14.4. The predicted molar refractivity (Wildman–Crippen MR) is 80.3 cm³/mol. The van der Waals surface area contributed by atoms with Crippen LogP contribution in [0.5, 0.6) is 0 Å². The van der Waals surface area contributed by atoms with Gasteiger partial charge in [0.15, 0.2) is 5.11 Å². The van der Waals surface area contributed by atoms with E-state index in [9.17, 15) is 4.79 Å². The number of carbonyl (C=O) groups is 1. The number of nitrogens with zero attached hydrogens (tertiary/aromatic N) is 2. The molecule has 0 aliphatic heterocycles. The molecule has 20 heavy (non-hydrogen) atoms. The summed E-state index contributed by atoms with van der Waals surface area (Å²) in [7, 11) is 0. The average Bonchev–Trinajstić information content (AvgIpc) is 2.48. The molecule has 2 aromatic rings. The first-order valence-corrected chi connectivity index (χ1v) is 6.33. The molecule has 0 atom stereocenters. The predicted octanol–water partition coefficient (Wildman–Crippen LogP) is 1.76. The van der Waals surface area contributed by atoms with Crippen molar-refractivity contribution in [3.05, 3.63) is 53.6 Å². The number of hydrogen-bond donors (Lipinski definition) is 3. The molecule has 0 saturated carbocycles. The van der Waals surface area contributed by atoms with Crippen LogP contribution >= 0.6 is 23.8 Å². The third kappa shape index (κ3) is 4.15. The molecule has 1 amide bonds. The zero-order valence-electron chi connectivity index (χ0n) is 10.1. The van der Waals surface area contributed by atoms with Crippen molar-refractivity contribution in [2.24, 2.45) is 0 Å². The number of amides is 1. The quantitative estimate of drug-likeness (QED) is 0.579. The summed E-state index contributed by atoms with van der Waals surface area (Å²) in [5, 5.41) is 3.76. The Morgan fingerprint density at radius 2 is 1.90 bits per heavy atom. The molecule has 102 valence electrons. The van der Waals surface area contributed by atoms with Gasteiger partial charge in [0.2, 0.25) is 0 Å². The summed E-state index contributed by atoms with van der Waals surface area (Å²) < 4.78 is 0. The minimum atomic E-state index is -0.432. The number of hydrazine groups is 1. The second-order valence-corrected chi connectivity index (χ2v) is 4.48. The summed E-state index contributed by atoms with van der Waals surface area (Å²) in [6.07, 6.45) is 4.27. The number of aromatic nitrogens is 2. The maximum Gasteiger partial charge on any atom is 0.289 e. The van der Waals surface area contributed by atoms with Gasteiger partial charge in [0.25, 0.3) is 5.91 Å². The number of carbonyl (C=O) groups excluding carboxylic acids is 1. The van der Waals surface area contributed by atoms with Crippen LogP contribution in [0.1, 0.15) is 10.5 Å². The van der Waals surface area contributed by atoms with Crippen LogP contribution in [0.15, 0.2) is 42.9 Å². The molecule has 3 N–H and O–H groups in total. The largest absolute Gasteiger partial charge is 0.331 e. The monoisotopic (exact) mass is 307 g/mol. The van der Waals surface area contributed by atoms with Crippen LogP contribution < -0.4 is 16.2 Å². The highest BCUT2D eigenvalue weighted by molar-refractivity contribution is 7.80. The summed E-state index contributed by atoms with van der Waals surface area (Å²) in [6, 6.07) is 6.98. The van der Waals surface area contributed by atoms with Crippen molar-refractivity contribution >= 4 is 40.5 Å². The summed E-state index contributed by atoms with van der Waals surface area (Å²) >= 11 is 10.8. The van der Waals surface area contributed by atoms with Crippen LogP contribution in [0.2, 0.25) is 5.02 Å². The highest BCUT2D eigenvalue weighted by atomic mass is 35.5. The molecule has 1 aromatic carbocycles. The van der Waals surface area contributed by atoms with Crippen molar-refractivity contribution in [3.63, 3.8) is 0 Å². The lowest BCUT2D eigenvalue weighted by atomic mass is 10.3. The molecule has 0 radical (unpaired) electrons. The van der Waals surface area contributed by atoms with E-state index in [0.717, 1.165) is 5.69 Å². The molecule has 6 nitrogen and oxygen atoms in total. The van der Waals surface area contributed by atoms with E-state index in [1.807, 2.05) is 0 Å². The molecular weight excluding hydrogens is 298 g/mol. The molecule has 8 heteroatoms. The highest BCUT2D eigenvalue weighted by Gasteiger charge is 2.06. The van der Waals surface area contributed by atoms with Gasteiger partial charge in [0.05, 0.1) is 6.20 Å². The van der Waals surface area contributed by atoms with Crippen molar-refractivity contribution in [2.45, 2.75) is 0 Å². The van der Waals surface area contributed by atoms with Gasteiger partial charge in [-0.25, -0.2) is 4.98 Å². The molecule has 0 aliphatic carbocycles. The molecule has 0 spiro atoms. The zero-order valence-corrected chi connectivity index (χ0v) is 11.7. The van der Waals surface area contributed by atoms with Crippen molar-refractivity contribution in [1.29, 1.82) is 0 Å². The van der Waals surface area contributed by atoms with Crippen LogP contribution in [0.25, 0.3) is 0 Å². The molecule has 0 unspecified atom stereocenters. The minimum Gasteiger partial charge on any atom is -0.331 e. The van der Waals surface area contributed by atoms with E-state index in [0.29, 0.717) is 5.02 Å². The van der Waals surface area contributed by atoms with Gasteiger partial charge in [-0.2, -0.15) is 0 Å². The average molecular weight is 308 g/mol. The van der Waals surface area contributed by atoms with E-state index in [1.165, 1.54) is 18.6 Å². The summed E-state index contributed by atoms with van der Waals surface area (Å²) in [6.45, 7) is 0. The SMILES string of the molecule is O=C(NNC(=S)Nc1ccc(Cl)cc1)c1cnccn1. The number of rotatable bonds is 2. The summed E-state index contributed by atoms with van der Waals surface area (Å²) in [5.41, 5.74) is 5.91. The van der Waals surface area contributed by atoms with E-state index in [4.69, 9.17) is 23.8 Å². The first kappa shape index (κ1) is 14.2. The van der Waals surface area contributed by atoms with Crippen LogP contribution in [0.3, 0.4) is 0 Å². The lowest BCUT2D eigenvalue weighted by molar-refractivity contribution is 0.0938. The Morgan fingerprint density at radius 1 is 1.15 bits per heavy atom. The number of hydrogen-bond acceptors (Lipinski definition) is 4. The highest BCUT2D eigenvalue weighted by Crippen LogP contribution is 2.12. The van der Waals surface area contributed by atoms with Crippen molar-refractivity contribution in [2.75, 3.05) is 5.32 Å². The minimum absolute atomic E-state index is 0.189. The lowest BCUT2D eigenvalue weighted by Gasteiger charge is -2.11. The number of halogens is 1. The van der Waals surface area contributed by atoms with Gasteiger partial charge in [-0.15, -0.1) is 0 Å². The van der Waals surface area contributed by atoms with Crippen LogP contribution in [-0.4, -0.2) is 21.0 Å². The first-order chi connectivity index (χ1) is 9.65. The first-order valence-electron chi connectivity index (χ1n) is 5.54. The number of thiocarbonyl (C=S) groups is 1. The molecule has 1 aromatic heterocycles. The van der Waals surface area contributed by atoms with Crippen molar-refractivity contribution < 1.29 is 4.79 Å². The smallest absolute Gasteiger partial charge is 0.289 e. The van der Waals surface area contributed by atoms with Gasteiger partial charge >= 0.3 is 0 Å². The molecule has 0 aliphatic rings. The fourth-order valence-electron chi connectivity index (χ4n) is 1.29. The third-order valence-corrected chi connectivity index (χ3v) is 2.64. The van der Waals surface area contributed by atoms with Crippen LogP contribution in [0.4, 0.5) is 5.69 Å². The fourth-order valence-corrected chi connectivity index (χ4v) is 1.58. The Morgan fingerprint density at radius 3 is 2.55 bits per heavy atom. The Labute approximate surface area is 125 Å². The lowest BCUT2D eigenvalue weighted by Crippen LogP contribution is -2.44. The fraction of sp³-hybridized carbons (Fsp3) is 0. The molecule has 2 rings (SSSR count). The molecular formula is C12H10ClN5OS. The Kier molecular flexibility index (Phi) is 4.80. The van der Waals surface area contributed by atoms with Gasteiger partial charge in [0.1, 0.15) is 5.69 Å². The van der Waals surface area contributed by atoms with Gasteiger partial charge < -0.3 is 5.32 Å². The second-order valence-electron chi connectivity index (χ2n) is 3.63. The van der Waals surface area contributed by atoms with Gasteiger partial charge in [-0.3, -0.25) is 20.6 Å². The van der Waals surface area contributed by atoms with Crippen LogP contribution in [-0.2, 0) is 0 Å². The maximum absolute atomic E-state index is 11.7. The van der Waals surface area contributed by atoms with Crippen molar-refractivity contribution in [3.8, 4) is 0 Å². The van der Waals surface area contributed by atoms with Crippen molar-refractivity contribution in [1.82, 2.24) is 20.8 Å². The Hall–Kier alpha value is -2.25. The summed E-state index contributed by atoms with van der Waals surface area (Å²) in [4.78, 5) is 19.3. The molecule has 0 bridgehead atoms. The van der Waals surface area contributed by atoms with E-state index in [2.05, 4.69) is 26.1 Å². The Balaban J connectivity index is 1.83. The van der Waals surface area contributed by atoms with E-state index < -0.39 is 5.91 Å². The van der Waals surface area contributed by atoms with Gasteiger partial charge in [-0.05, 0) is 36.5 Å². The Bertz CT molecular complexity index is 605. The van der Waals surface area contributed by atoms with Crippen LogP contribution in [0, 0.1) is 0 Å². The number of benzene rings is 1. The third-order valence-electron chi connectivity index (χ3n) is 2.19. The van der Waals surface area contributed by atoms with E-state index in [1.54, 1.807) is 24.3 Å². The standard InChI is InChI=1S/C12H10ClN5OS/c13-8-1-3-9(4-2-8)16-12(20)18-17-11(19)10-7-14-5-6-15-10/h1-7H,(H,17,19)(H2,16,18,20). The number of nitrogens with one attached hydrogen (secondary N) is 3. The topological polar surface area (TPSA) is 78.9 Å². The normalized spacial score (nSPS) is 9.65. The molecule has 0 fully saturated rings. The number of anilines is 1. The van der Waals surface area contributed by atoms with Gasteiger partial charge in [0, 0.05) is 23.1 Å². The maximum atomic E-state index is 11.7. The van der Waals surface area contributed by atoms with E-state index in [-0.39, 0.29) is 10.8 Å². The van der Waals surface area contributed by atoms with E-state index >= 15 is 0 Å². The second kappa shape index (κ2) is 6.78. The molecule has 1 heterocycles. The molecule has 0 saturated heterocycles. The summed E-state index contributed by atoms with van der Waals surface area (Å²) in [5.74, 6) is -0.432. The van der Waals surface area contributed by atoms with Gasteiger partial charge in [-0.1, -0.05) is 11.6 Å².